The van der Waals surface area contributed by atoms with Crippen molar-refractivity contribution in [2.45, 2.75) is 20.3 Å². The molecule has 1 aromatic rings. The second-order valence-corrected chi connectivity index (χ2v) is 4.87. The van der Waals surface area contributed by atoms with Crippen LogP contribution in [0.15, 0.2) is 6.07 Å². The molecule has 1 rings (SSSR count). The van der Waals surface area contributed by atoms with Crippen molar-refractivity contribution >= 4 is 17.2 Å². The minimum Gasteiger partial charge on any atom is -0.475 e. The summed E-state index contributed by atoms with van der Waals surface area (Å²) in [6, 6.07) is 1.93. The summed E-state index contributed by atoms with van der Waals surface area (Å²) in [4.78, 5) is 4.63. The van der Waals surface area contributed by atoms with Crippen LogP contribution < -0.4 is 10.5 Å². The maximum Gasteiger partial charge on any atom is 0.224 e. The molecule has 1 heterocycles. The number of aromatic nitrogens is 1. The highest BCUT2D eigenvalue weighted by Gasteiger charge is 2.12. The summed E-state index contributed by atoms with van der Waals surface area (Å²) < 4.78 is 16.0. The Morgan fingerprint density at radius 2 is 2.00 bits per heavy atom. The molecule has 0 aliphatic rings. The summed E-state index contributed by atoms with van der Waals surface area (Å²) >= 11 is 5.04. The van der Waals surface area contributed by atoms with Crippen LogP contribution in [0, 0.1) is 13.8 Å². The fourth-order valence-electron chi connectivity index (χ4n) is 1.81. The van der Waals surface area contributed by atoms with Crippen molar-refractivity contribution in [2.24, 2.45) is 5.73 Å². The van der Waals surface area contributed by atoms with Crippen molar-refractivity contribution in [3.63, 3.8) is 0 Å². The van der Waals surface area contributed by atoms with E-state index in [2.05, 4.69) is 4.98 Å². The van der Waals surface area contributed by atoms with Gasteiger partial charge in [-0.2, -0.15) is 0 Å². The number of methoxy groups -OCH3 is 1. The van der Waals surface area contributed by atoms with Gasteiger partial charge in [-0.25, -0.2) is 4.98 Å². The molecule has 0 fully saturated rings. The second-order valence-electron chi connectivity index (χ2n) is 4.43. The van der Waals surface area contributed by atoms with Crippen LogP contribution in [0.25, 0.3) is 0 Å². The average molecular weight is 298 g/mol. The quantitative estimate of drug-likeness (QED) is 0.553. The van der Waals surface area contributed by atoms with Crippen molar-refractivity contribution in [1.82, 2.24) is 4.98 Å². The van der Waals surface area contributed by atoms with Crippen LogP contribution >= 0.6 is 12.2 Å². The van der Waals surface area contributed by atoms with Gasteiger partial charge in [0.15, 0.2) is 0 Å². The molecule has 112 valence electrons. The van der Waals surface area contributed by atoms with E-state index in [1.165, 1.54) is 0 Å². The van der Waals surface area contributed by atoms with Gasteiger partial charge in [0.05, 0.1) is 12.2 Å². The molecule has 0 atom stereocenters. The van der Waals surface area contributed by atoms with Gasteiger partial charge in [-0.1, -0.05) is 12.2 Å². The highest BCUT2D eigenvalue weighted by molar-refractivity contribution is 7.80. The Kier molecular flexibility index (Phi) is 7.43. The summed E-state index contributed by atoms with van der Waals surface area (Å²) in [5, 5.41) is 0. The first-order valence-electron chi connectivity index (χ1n) is 6.53. The molecule has 2 N–H and O–H groups in total. The van der Waals surface area contributed by atoms with Crippen molar-refractivity contribution in [2.75, 3.05) is 33.5 Å². The Hall–Kier alpha value is -1.24. The maximum atomic E-state index is 5.72. The zero-order chi connectivity index (χ0) is 15.0. The molecule has 0 aromatic carbocycles. The number of thiocarbonyl (C=S) groups is 1. The van der Waals surface area contributed by atoms with Crippen LogP contribution in [-0.2, 0) is 9.47 Å². The monoisotopic (exact) mass is 298 g/mol. The number of rotatable bonds is 9. The number of hydrogen-bond acceptors (Lipinski definition) is 5. The van der Waals surface area contributed by atoms with Crippen molar-refractivity contribution in [3.05, 3.63) is 22.9 Å². The number of ether oxygens (including phenoxy) is 3. The Morgan fingerprint density at radius 3 is 2.65 bits per heavy atom. The van der Waals surface area contributed by atoms with E-state index in [0.717, 1.165) is 17.7 Å². The maximum absolute atomic E-state index is 5.72. The minimum absolute atomic E-state index is 0.297. The topological polar surface area (TPSA) is 66.6 Å². The predicted molar refractivity (Wildman–Crippen MR) is 82.4 cm³/mol. The second kappa shape index (κ2) is 8.84. The van der Waals surface area contributed by atoms with Crippen molar-refractivity contribution in [3.8, 4) is 5.88 Å². The third-order valence-corrected chi connectivity index (χ3v) is 2.87. The fourth-order valence-corrected chi connectivity index (χ4v) is 2.06. The smallest absolute Gasteiger partial charge is 0.224 e. The first kappa shape index (κ1) is 16.8. The molecule has 6 heteroatoms. The molecule has 0 aliphatic carbocycles. The highest BCUT2D eigenvalue weighted by Crippen LogP contribution is 2.20. The van der Waals surface area contributed by atoms with E-state index in [9.17, 15) is 0 Å². The molecule has 0 amide bonds. The SMILES string of the molecule is COCCCOCCOc1nc(C)cc(C)c1C(N)=S. The molecule has 1 aromatic heterocycles. The van der Waals surface area contributed by atoms with Gasteiger partial charge < -0.3 is 19.9 Å². The average Bonchev–Trinajstić information content (AvgIpc) is 2.36. The predicted octanol–water partition coefficient (Wildman–Crippen LogP) is 1.76. The lowest BCUT2D eigenvalue weighted by Crippen LogP contribution is -2.17. The number of aryl methyl sites for hydroxylation is 2. The van der Waals surface area contributed by atoms with Crippen LogP contribution in [0.4, 0.5) is 0 Å². The van der Waals surface area contributed by atoms with Crippen molar-refractivity contribution < 1.29 is 14.2 Å². The summed E-state index contributed by atoms with van der Waals surface area (Å²) in [6.07, 6.45) is 0.871. The molecule has 20 heavy (non-hydrogen) atoms. The van der Waals surface area contributed by atoms with E-state index in [1.54, 1.807) is 7.11 Å². The molecule has 0 saturated heterocycles. The summed E-state index contributed by atoms with van der Waals surface area (Å²) in [7, 11) is 1.67. The minimum atomic E-state index is 0.297. The van der Waals surface area contributed by atoms with E-state index in [-0.39, 0.29) is 0 Å². The third kappa shape index (κ3) is 5.40. The van der Waals surface area contributed by atoms with Gasteiger partial charge in [0.25, 0.3) is 0 Å². The Morgan fingerprint density at radius 1 is 1.25 bits per heavy atom. The number of nitrogens with two attached hydrogens (primary N) is 1. The zero-order valence-corrected chi connectivity index (χ0v) is 13.1. The molecular formula is C14H22N2O3S. The number of pyridine rings is 1. The lowest BCUT2D eigenvalue weighted by Gasteiger charge is -2.13. The molecule has 0 aliphatic heterocycles. The summed E-state index contributed by atoms with van der Waals surface area (Å²) in [5.41, 5.74) is 8.26. The molecule has 0 saturated carbocycles. The Bertz CT molecular complexity index is 452. The first-order valence-corrected chi connectivity index (χ1v) is 6.94. The normalized spacial score (nSPS) is 10.6. The molecule has 0 radical (unpaired) electrons. The lowest BCUT2D eigenvalue weighted by molar-refractivity contribution is 0.0794. The van der Waals surface area contributed by atoms with Crippen LogP contribution in [0.5, 0.6) is 5.88 Å². The molecule has 0 unspecified atom stereocenters. The van der Waals surface area contributed by atoms with E-state index in [4.69, 9.17) is 32.2 Å². The van der Waals surface area contributed by atoms with Gasteiger partial charge in [-0.3, -0.25) is 0 Å². The Balaban J connectivity index is 2.49. The molecule has 0 bridgehead atoms. The van der Waals surface area contributed by atoms with Gasteiger partial charge in [0, 0.05) is 26.0 Å². The molecule has 5 nitrogen and oxygen atoms in total. The summed E-state index contributed by atoms with van der Waals surface area (Å²) in [6.45, 7) is 6.11. The van der Waals surface area contributed by atoms with Gasteiger partial charge in [0.1, 0.15) is 11.6 Å². The lowest BCUT2D eigenvalue weighted by atomic mass is 10.1. The molecule has 0 spiro atoms. The van der Waals surface area contributed by atoms with Gasteiger partial charge in [-0.05, 0) is 31.9 Å². The first-order chi connectivity index (χ1) is 9.56. The summed E-state index contributed by atoms with van der Waals surface area (Å²) in [5.74, 6) is 0.482. The van der Waals surface area contributed by atoms with E-state index < -0.39 is 0 Å². The largest absolute Gasteiger partial charge is 0.475 e. The number of hydrogen-bond donors (Lipinski definition) is 1. The van der Waals surface area contributed by atoms with E-state index >= 15 is 0 Å². The third-order valence-electron chi connectivity index (χ3n) is 2.66. The van der Waals surface area contributed by atoms with Crippen LogP contribution in [-0.4, -0.2) is 43.5 Å². The van der Waals surface area contributed by atoms with Crippen LogP contribution in [0.1, 0.15) is 23.2 Å². The molecular weight excluding hydrogens is 276 g/mol. The van der Waals surface area contributed by atoms with Gasteiger partial charge in [0.2, 0.25) is 5.88 Å². The standard InChI is InChI=1S/C14H22N2O3S/c1-10-9-11(2)16-14(12(10)13(15)20)19-8-7-18-6-4-5-17-3/h9H,4-8H2,1-3H3,(H2,15,20). The van der Waals surface area contributed by atoms with Gasteiger partial charge in [-0.15, -0.1) is 0 Å². The fraction of sp³-hybridized carbons (Fsp3) is 0.571. The zero-order valence-electron chi connectivity index (χ0n) is 12.3. The van der Waals surface area contributed by atoms with Crippen LogP contribution in [0.3, 0.4) is 0 Å². The Labute approximate surface area is 125 Å². The van der Waals surface area contributed by atoms with E-state index in [1.807, 2.05) is 19.9 Å². The van der Waals surface area contributed by atoms with Crippen molar-refractivity contribution in [1.29, 1.82) is 0 Å². The van der Waals surface area contributed by atoms with E-state index in [0.29, 0.717) is 42.9 Å². The van der Waals surface area contributed by atoms with Crippen LogP contribution in [0.2, 0.25) is 0 Å². The number of nitrogens with zero attached hydrogens (tertiary/aromatic N) is 1. The van der Waals surface area contributed by atoms with Gasteiger partial charge >= 0.3 is 0 Å². The highest BCUT2D eigenvalue weighted by atomic mass is 32.1.